The van der Waals surface area contributed by atoms with E-state index in [0.29, 0.717) is 10.6 Å². The van der Waals surface area contributed by atoms with Crippen LogP contribution in [-0.2, 0) is 4.79 Å². The molecule has 1 heterocycles. The number of imide groups is 1. The van der Waals surface area contributed by atoms with E-state index >= 15 is 0 Å². The van der Waals surface area contributed by atoms with E-state index < -0.39 is 0 Å². The number of halogens is 1. The maximum Gasteiger partial charge on any atom is 0.257 e. The molecule has 0 bridgehead atoms. The second kappa shape index (κ2) is 7.38. The van der Waals surface area contributed by atoms with E-state index in [4.69, 9.17) is 11.6 Å². The summed E-state index contributed by atoms with van der Waals surface area (Å²) in [5.74, 6) is -0.661. The van der Waals surface area contributed by atoms with Crippen LogP contribution >= 0.6 is 11.6 Å². The van der Waals surface area contributed by atoms with Crippen molar-refractivity contribution in [1.82, 2.24) is 15.5 Å². The van der Waals surface area contributed by atoms with Gasteiger partial charge in [-0.2, -0.15) is 0 Å². The van der Waals surface area contributed by atoms with Crippen LogP contribution in [0.4, 0.5) is 0 Å². The van der Waals surface area contributed by atoms with Gasteiger partial charge >= 0.3 is 0 Å². The number of hydrogen-bond acceptors (Lipinski definition) is 4. The zero-order valence-corrected chi connectivity index (χ0v) is 11.9. The second-order valence-electron chi connectivity index (χ2n) is 4.76. The van der Waals surface area contributed by atoms with E-state index in [0.717, 1.165) is 32.6 Å². The monoisotopic (exact) mass is 295 g/mol. The summed E-state index contributed by atoms with van der Waals surface area (Å²) in [7, 11) is 0. The maximum atomic E-state index is 11.9. The summed E-state index contributed by atoms with van der Waals surface area (Å²) < 4.78 is 0. The summed E-state index contributed by atoms with van der Waals surface area (Å²) >= 11 is 5.76. The number of amides is 2. The second-order valence-corrected chi connectivity index (χ2v) is 5.20. The van der Waals surface area contributed by atoms with E-state index in [2.05, 4.69) is 10.6 Å². The molecule has 0 atom stereocenters. The highest BCUT2D eigenvalue weighted by Crippen LogP contribution is 2.09. The van der Waals surface area contributed by atoms with E-state index in [1.165, 1.54) is 0 Å². The third-order valence-electron chi connectivity index (χ3n) is 3.16. The highest BCUT2D eigenvalue weighted by Gasteiger charge is 2.15. The number of carbonyl (C=O) groups is 2. The molecule has 2 rings (SSSR count). The molecule has 0 unspecified atom stereocenters. The van der Waals surface area contributed by atoms with Crippen LogP contribution in [0.1, 0.15) is 16.8 Å². The van der Waals surface area contributed by atoms with Gasteiger partial charge < -0.3 is 5.32 Å². The molecule has 2 N–H and O–H groups in total. The first-order chi connectivity index (χ1) is 9.65. The highest BCUT2D eigenvalue weighted by molar-refractivity contribution is 6.30. The molecular weight excluding hydrogens is 278 g/mol. The lowest BCUT2D eigenvalue weighted by molar-refractivity contribution is -0.121. The summed E-state index contributed by atoms with van der Waals surface area (Å²) in [4.78, 5) is 25.8. The number of carbonyl (C=O) groups excluding carboxylic acids is 2. The highest BCUT2D eigenvalue weighted by atomic mass is 35.5. The lowest BCUT2D eigenvalue weighted by Gasteiger charge is -2.18. The van der Waals surface area contributed by atoms with Crippen molar-refractivity contribution < 1.29 is 9.59 Å². The Morgan fingerprint density at radius 2 is 1.95 bits per heavy atom. The lowest BCUT2D eigenvalue weighted by Crippen LogP contribution is -2.41. The average Bonchev–Trinajstić information content (AvgIpc) is 2.68. The smallest absolute Gasteiger partial charge is 0.257 e. The summed E-state index contributed by atoms with van der Waals surface area (Å²) in [6.07, 6.45) is 1.01. The van der Waals surface area contributed by atoms with Gasteiger partial charge in [0.25, 0.3) is 5.91 Å². The lowest BCUT2D eigenvalue weighted by atomic mass is 10.2. The Morgan fingerprint density at radius 1 is 1.20 bits per heavy atom. The zero-order chi connectivity index (χ0) is 14.4. The maximum absolute atomic E-state index is 11.9. The molecule has 0 spiro atoms. The fraction of sp³-hybridized carbons (Fsp3) is 0.429. The van der Waals surface area contributed by atoms with Crippen molar-refractivity contribution >= 4 is 23.4 Å². The van der Waals surface area contributed by atoms with Crippen molar-refractivity contribution in [2.75, 3.05) is 32.7 Å². The van der Waals surface area contributed by atoms with Crippen LogP contribution in [-0.4, -0.2) is 49.4 Å². The van der Waals surface area contributed by atoms with Crippen LogP contribution in [0.3, 0.4) is 0 Å². The number of hydrogen-bond donors (Lipinski definition) is 2. The third kappa shape index (κ3) is 4.59. The van der Waals surface area contributed by atoms with Crippen molar-refractivity contribution in [3.63, 3.8) is 0 Å². The molecule has 20 heavy (non-hydrogen) atoms. The first-order valence-corrected chi connectivity index (χ1v) is 7.06. The number of nitrogens with zero attached hydrogens (tertiary/aromatic N) is 1. The molecule has 1 fully saturated rings. The molecule has 0 aromatic heterocycles. The van der Waals surface area contributed by atoms with Gasteiger partial charge in [-0.25, -0.2) is 0 Å². The van der Waals surface area contributed by atoms with Crippen LogP contribution in [0.2, 0.25) is 5.02 Å². The van der Waals surface area contributed by atoms with Crippen LogP contribution in [0, 0.1) is 0 Å². The SMILES string of the molecule is O=C(CN1CCCNCC1)NC(=O)c1ccc(Cl)cc1. The van der Waals surface area contributed by atoms with Gasteiger partial charge in [0.2, 0.25) is 5.91 Å². The van der Waals surface area contributed by atoms with Gasteiger partial charge in [-0.1, -0.05) is 11.6 Å². The Hall–Kier alpha value is -1.43. The molecule has 6 heteroatoms. The Labute approximate surface area is 123 Å². The Morgan fingerprint density at radius 3 is 2.70 bits per heavy atom. The number of rotatable bonds is 3. The first kappa shape index (κ1) is 15.0. The molecule has 108 valence electrons. The molecule has 2 amide bonds. The minimum Gasteiger partial charge on any atom is -0.315 e. The Kier molecular flexibility index (Phi) is 5.52. The van der Waals surface area contributed by atoms with Crippen molar-refractivity contribution in [3.8, 4) is 0 Å². The molecule has 5 nitrogen and oxygen atoms in total. The quantitative estimate of drug-likeness (QED) is 0.869. The van der Waals surface area contributed by atoms with Crippen molar-refractivity contribution in [1.29, 1.82) is 0 Å². The zero-order valence-electron chi connectivity index (χ0n) is 11.2. The van der Waals surface area contributed by atoms with E-state index in [1.807, 2.05) is 4.90 Å². The van der Waals surface area contributed by atoms with Crippen molar-refractivity contribution in [2.45, 2.75) is 6.42 Å². The molecule has 0 aliphatic carbocycles. The normalized spacial score (nSPS) is 16.4. The molecule has 1 aromatic rings. The van der Waals surface area contributed by atoms with Crippen LogP contribution in [0.15, 0.2) is 24.3 Å². The third-order valence-corrected chi connectivity index (χ3v) is 3.41. The minimum atomic E-state index is -0.389. The Bertz CT molecular complexity index is 468. The van der Waals surface area contributed by atoms with Gasteiger partial charge in [0, 0.05) is 23.7 Å². The standard InChI is InChI=1S/C14H18ClN3O2/c15-12-4-2-11(3-5-12)14(20)17-13(19)10-18-8-1-6-16-7-9-18/h2-5,16H,1,6-10H2,(H,17,19,20). The number of nitrogens with one attached hydrogen (secondary N) is 2. The molecule has 0 radical (unpaired) electrons. The predicted molar refractivity (Wildman–Crippen MR) is 77.9 cm³/mol. The fourth-order valence-corrected chi connectivity index (χ4v) is 2.23. The van der Waals surface area contributed by atoms with E-state index in [9.17, 15) is 9.59 Å². The van der Waals surface area contributed by atoms with Gasteiger partial charge in [0.15, 0.2) is 0 Å². The van der Waals surface area contributed by atoms with Gasteiger partial charge in [-0.05, 0) is 43.8 Å². The fourth-order valence-electron chi connectivity index (χ4n) is 2.10. The molecular formula is C14H18ClN3O2. The number of benzene rings is 1. The van der Waals surface area contributed by atoms with E-state index in [1.54, 1.807) is 24.3 Å². The first-order valence-electron chi connectivity index (χ1n) is 6.68. The molecule has 1 aliphatic rings. The summed E-state index contributed by atoms with van der Waals surface area (Å²) in [6.45, 7) is 3.79. The van der Waals surface area contributed by atoms with Gasteiger partial charge in [0.05, 0.1) is 6.54 Å². The van der Waals surface area contributed by atoms with Gasteiger partial charge in [0.1, 0.15) is 0 Å². The topological polar surface area (TPSA) is 61.4 Å². The predicted octanol–water partition coefficient (Wildman–Crippen LogP) is 0.892. The van der Waals surface area contributed by atoms with Crippen molar-refractivity contribution in [2.24, 2.45) is 0 Å². The van der Waals surface area contributed by atoms with Crippen molar-refractivity contribution in [3.05, 3.63) is 34.9 Å². The largest absolute Gasteiger partial charge is 0.315 e. The molecule has 1 aliphatic heterocycles. The minimum absolute atomic E-state index is 0.251. The summed E-state index contributed by atoms with van der Waals surface area (Å²) in [5.41, 5.74) is 0.431. The van der Waals surface area contributed by atoms with Crippen LogP contribution in [0.25, 0.3) is 0 Å². The summed E-state index contributed by atoms with van der Waals surface area (Å²) in [5, 5.41) is 6.23. The molecule has 1 aromatic carbocycles. The molecule has 0 saturated carbocycles. The average molecular weight is 296 g/mol. The molecule has 1 saturated heterocycles. The van der Waals surface area contributed by atoms with Gasteiger partial charge in [-0.3, -0.25) is 19.8 Å². The van der Waals surface area contributed by atoms with Gasteiger partial charge in [-0.15, -0.1) is 0 Å². The Balaban J connectivity index is 1.84. The summed E-state index contributed by atoms with van der Waals surface area (Å²) in [6, 6.07) is 6.45. The van der Waals surface area contributed by atoms with E-state index in [-0.39, 0.29) is 18.4 Å². The van der Waals surface area contributed by atoms with Crippen LogP contribution < -0.4 is 10.6 Å². The van der Waals surface area contributed by atoms with Crippen LogP contribution in [0.5, 0.6) is 0 Å².